The molecule has 0 spiro atoms. The first kappa shape index (κ1) is 12.6. The van der Waals surface area contributed by atoms with E-state index in [9.17, 15) is 8.42 Å². The lowest BCUT2D eigenvalue weighted by Crippen LogP contribution is -2.27. The maximum atomic E-state index is 11.3. The Morgan fingerprint density at radius 2 is 1.88 bits per heavy atom. The summed E-state index contributed by atoms with van der Waals surface area (Å²) in [5, 5.41) is 3.47. The van der Waals surface area contributed by atoms with Gasteiger partial charge in [-0.15, -0.1) is 0 Å². The van der Waals surface area contributed by atoms with Crippen molar-refractivity contribution >= 4 is 9.84 Å². The third-order valence-corrected chi connectivity index (χ3v) is 4.44. The van der Waals surface area contributed by atoms with Crippen LogP contribution in [0.15, 0.2) is 29.2 Å². The standard InChI is InChI=1S/C13H19NO2S/c1-10(12-5-6-12)14-9-11-3-7-13(8-4-11)17(2,15)16/h3-4,7-8,10,12,14H,5-6,9H2,1-2H3. The fourth-order valence-electron chi connectivity index (χ4n) is 1.90. The molecule has 0 heterocycles. The number of sulfone groups is 1. The molecule has 17 heavy (non-hydrogen) atoms. The van der Waals surface area contributed by atoms with Gasteiger partial charge in [0.1, 0.15) is 0 Å². The first-order chi connectivity index (χ1) is 7.97. The lowest BCUT2D eigenvalue weighted by Gasteiger charge is -2.12. The minimum absolute atomic E-state index is 0.386. The number of hydrogen-bond acceptors (Lipinski definition) is 3. The molecule has 1 fully saturated rings. The quantitative estimate of drug-likeness (QED) is 0.872. The smallest absolute Gasteiger partial charge is 0.175 e. The third kappa shape index (κ3) is 3.54. The second-order valence-corrected chi connectivity index (χ2v) is 6.94. The molecule has 3 nitrogen and oxygen atoms in total. The molecule has 0 bridgehead atoms. The normalized spacial score (nSPS) is 18.0. The van der Waals surface area contributed by atoms with Gasteiger partial charge in [-0.25, -0.2) is 8.42 Å². The highest BCUT2D eigenvalue weighted by atomic mass is 32.2. The van der Waals surface area contributed by atoms with E-state index in [0.717, 1.165) is 18.0 Å². The van der Waals surface area contributed by atoms with Crippen LogP contribution in [0.5, 0.6) is 0 Å². The van der Waals surface area contributed by atoms with Crippen LogP contribution in [-0.2, 0) is 16.4 Å². The Bertz CT molecular complexity index is 475. The summed E-state index contributed by atoms with van der Waals surface area (Å²) in [6, 6.07) is 7.67. The Kier molecular flexibility index (Phi) is 3.54. The topological polar surface area (TPSA) is 46.2 Å². The number of hydrogen-bond donors (Lipinski definition) is 1. The number of rotatable bonds is 5. The van der Waals surface area contributed by atoms with Gasteiger partial charge in [0.2, 0.25) is 0 Å². The first-order valence-corrected chi connectivity index (χ1v) is 7.88. The van der Waals surface area contributed by atoms with Crippen molar-refractivity contribution in [2.45, 2.75) is 37.2 Å². The summed E-state index contributed by atoms with van der Waals surface area (Å²) in [5.74, 6) is 0.838. The molecule has 1 aliphatic carbocycles. The van der Waals surface area contributed by atoms with E-state index in [2.05, 4.69) is 12.2 Å². The maximum absolute atomic E-state index is 11.3. The Morgan fingerprint density at radius 3 is 2.35 bits per heavy atom. The SMILES string of the molecule is CC(NCc1ccc(S(C)(=O)=O)cc1)C1CC1. The Labute approximate surface area is 103 Å². The molecule has 1 saturated carbocycles. The van der Waals surface area contributed by atoms with Crippen molar-refractivity contribution in [3.05, 3.63) is 29.8 Å². The van der Waals surface area contributed by atoms with Crippen molar-refractivity contribution in [2.24, 2.45) is 5.92 Å². The summed E-state index contributed by atoms with van der Waals surface area (Å²) in [5.41, 5.74) is 1.13. The summed E-state index contributed by atoms with van der Waals surface area (Å²) < 4.78 is 22.6. The Balaban J connectivity index is 1.93. The molecule has 1 aromatic carbocycles. The molecule has 2 rings (SSSR count). The van der Waals surface area contributed by atoms with Crippen molar-refractivity contribution in [2.75, 3.05) is 6.26 Å². The molecule has 0 aliphatic heterocycles. The fraction of sp³-hybridized carbons (Fsp3) is 0.538. The highest BCUT2D eigenvalue weighted by molar-refractivity contribution is 7.90. The monoisotopic (exact) mass is 253 g/mol. The molecule has 4 heteroatoms. The van der Waals surface area contributed by atoms with Crippen LogP contribution >= 0.6 is 0 Å². The summed E-state index contributed by atoms with van der Waals surface area (Å²) in [6.07, 6.45) is 3.90. The van der Waals surface area contributed by atoms with Crippen LogP contribution in [0.4, 0.5) is 0 Å². The van der Waals surface area contributed by atoms with Gasteiger partial charge in [-0.1, -0.05) is 12.1 Å². The molecular formula is C13H19NO2S. The fourth-order valence-corrected chi connectivity index (χ4v) is 2.53. The highest BCUT2D eigenvalue weighted by Crippen LogP contribution is 2.32. The van der Waals surface area contributed by atoms with Crippen LogP contribution < -0.4 is 5.32 Å². The van der Waals surface area contributed by atoms with Crippen LogP contribution in [0.1, 0.15) is 25.3 Å². The van der Waals surface area contributed by atoms with Crippen LogP contribution in [0.3, 0.4) is 0 Å². The van der Waals surface area contributed by atoms with Crippen molar-refractivity contribution < 1.29 is 8.42 Å². The predicted molar refractivity (Wildman–Crippen MR) is 68.6 cm³/mol. The van der Waals surface area contributed by atoms with Crippen molar-refractivity contribution in [1.29, 1.82) is 0 Å². The number of nitrogens with one attached hydrogen (secondary N) is 1. The molecule has 1 unspecified atom stereocenters. The zero-order valence-corrected chi connectivity index (χ0v) is 11.1. The van der Waals surface area contributed by atoms with Gasteiger partial charge in [-0.3, -0.25) is 0 Å². The van der Waals surface area contributed by atoms with E-state index in [4.69, 9.17) is 0 Å². The van der Waals surface area contributed by atoms with Crippen LogP contribution in [-0.4, -0.2) is 20.7 Å². The molecule has 1 aliphatic rings. The summed E-state index contributed by atoms with van der Waals surface area (Å²) in [4.78, 5) is 0.386. The van der Waals surface area contributed by atoms with Gasteiger partial charge < -0.3 is 5.32 Å². The van der Waals surface area contributed by atoms with Gasteiger partial charge in [-0.05, 0) is 43.4 Å². The van der Waals surface area contributed by atoms with Crippen molar-refractivity contribution in [3.8, 4) is 0 Å². The summed E-state index contributed by atoms with van der Waals surface area (Å²) in [6.45, 7) is 3.02. The third-order valence-electron chi connectivity index (χ3n) is 3.31. The Morgan fingerprint density at radius 1 is 1.29 bits per heavy atom. The second kappa shape index (κ2) is 4.78. The van der Waals surface area contributed by atoms with E-state index in [1.807, 2.05) is 12.1 Å². The van der Waals surface area contributed by atoms with Gasteiger partial charge in [0.15, 0.2) is 9.84 Å². The van der Waals surface area contributed by atoms with E-state index in [1.165, 1.54) is 19.1 Å². The summed E-state index contributed by atoms with van der Waals surface area (Å²) >= 11 is 0. The van der Waals surface area contributed by atoms with E-state index < -0.39 is 9.84 Å². The van der Waals surface area contributed by atoms with Gasteiger partial charge in [0.05, 0.1) is 4.90 Å². The minimum Gasteiger partial charge on any atom is -0.310 e. The molecule has 1 aromatic rings. The van der Waals surface area contributed by atoms with Gasteiger partial charge in [0, 0.05) is 18.8 Å². The average Bonchev–Trinajstić information content (AvgIpc) is 3.09. The van der Waals surface area contributed by atoms with E-state index in [1.54, 1.807) is 12.1 Å². The van der Waals surface area contributed by atoms with E-state index in [-0.39, 0.29) is 0 Å². The van der Waals surface area contributed by atoms with Crippen LogP contribution in [0.25, 0.3) is 0 Å². The molecule has 1 N–H and O–H groups in total. The lowest BCUT2D eigenvalue weighted by atomic mass is 10.2. The first-order valence-electron chi connectivity index (χ1n) is 5.99. The van der Waals surface area contributed by atoms with Crippen LogP contribution in [0.2, 0.25) is 0 Å². The molecule has 0 amide bonds. The molecule has 0 radical (unpaired) electrons. The summed E-state index contributed by atoms with van der Waals surface area (Å²) in [7, 11) is -3.07. The zero-order valence-electron chi connectivity index (χ0n) is 10.3. The lowest BCUT2D eigenvalue weighted by molar-refractivity contribution is 0.496. The van der Waals surface area contributed by atoms with Gasteiger partial charge in [-0.2, -0.15) is 0 Å². The van der Waals surface area contributed by atoms with Gasteiger partial charge >= 0.3 is 0 Å². The maximum Gasteiger partial charge on any atom is 0.175 e. The second-order valence-electron chi connectivity index (χ2n) is 4.92. The minimum atomic E-state index is -3.07. The molecule has 0 saturated heterocycles. The molecule has 0 aromatic heterocycles. The predicted octanol–water partition coefficient (Wildman–Crippen LogP) is 1.98. The van der Waals surface area contributed by atoms with Gasteiger partial charge in [0.25, 0.3) is 0 Å². The van der Waals surface area contributed by atoms with Crippen molar-refractivity contribution in [3.63, 3.8) is 0 Å². The zero-order chi connectivity index (χ0) is 12.5. The molecular weight excluding hydrogens is 234 g/mol. The number of benzene rings is 1. The van der Waals surface area contributed by atoms with Crippen LogP contribution in [0, 0.1) is 5.92 Å². The largest absolute Gasteiger partial charge is 0.310 e. The highest BCUT2D eigenvalue weighted by Gasteiger charge is 2.27. The molecule has 94 valence electrons. The van der Waals surface area contributed by atoms with Crippen molar-refractivity contribution in [1.82, 2.24) is 5.32 Å². The Hall–Kier alpha value is -0.870. The van der Waals surface area contributed by atoms with E-state index >= 15 is 0 Å². The molecule has 1 atom stereocenters. The van der Waals surface area contributed by atoms with E-state index in [0.29, 0.717) is 10.9 Å². The average molecular weight is 253 g/mol.